The van der Waals surface area contributed by atoms with Crippen LogP contribution in [-0.4, -0.2) is 21.8 Å². The van der Waals surface area contributed by atoms with Crippen molar-refractivity contribution in [2.24, 2.45) is 5.41 Å². The van der Waals surface area contributed by atoms with E-state index in [4.69, 9.17) is 9.52 Å². The molecule has 0 aromatic carbocycles. The molecule has 1 rings (SSSR count). The Balaban J connectivity index is 2.24. The highest BCUT2D eigenvalue weighted by Crippen LogP contribution is 2.25. The van der Waals surface area contributed by atoms with Crippen LogP contribution in [0, 0.1) is 12.3 Å². The van der Waals surface area contributed by atoms with Crippen LogP contribution in [0.3, 0.4) is 0 Å². The molecule has 0 aliphatic rings. The second kappa shape index (κ2) is 5.39. The van der Waals surface area contributed by atoms with Gasteiger partial charge in [-0.2, -0.15) is 0 Å². The highest BCUT2D eigenvalue weighted by molar-refractivity contribution is 7.99. The number of hydrogen-bond acceptors (Lipinski definition) is 4. The maximum atomic E-state index is 10.9. The van der Waals surface area contributed by atoms with Crippen LogP contribution in [0.4, 0.5) is 0 Å². The van der Waals surface area contributed by atoms with Gasteiger partial charge in [0.25, 0.3) is 5.22 Å². The van der Waals surface area contributed by atoms with E-state index in [0.717, 1.165) is 17.9 Å². The quantitative estimate of drug-likeness (QED) is 0.614. The Morgan fingerprint density at radius 2 is 2.31 bits per heavy atom. The van der Waals surface area contributed by atoms with Gasteiger partial charge in [-0.1, -0.05) is 11.8 Å². The number of aliphatic carboxylic acids is 1. The Bertz CT molecular complexity index is 360. The fraction of sp³-hybridized carbons (Fsp3) is 0.636. The molecule has 0 amide bonds. The molecular weight excluding hydrogens is 226 g/mol. The van der Waals surface area contributed by atoms with Gasteiger partial charge >= 0.3 is 5.97 Å². The van der Waals surface area contributed by atoms with Crippen LogP contribution in [0.1, 0.15) is 32.4 Å². The first-order valence-corrected chi connectivity index (χ1v) is 6.19. The summed E-state index contributed by atoms with van der Waals surface area (Å²) in [5.41, 5.74) is 0.223. The smallest absolute Gasteiger partial charge is 0.309 e. The van der Waals surface area contributed by atoms with E-state index in [2.05, 4.69) is 4.98 Å². The molecule has 5 heteroatoms. The minimum Gasteiger partial charge on any atom is -0.481 e. The minimum absolute atomic E-state index is 0.646. The lowest BCUT2D eigenvalue weighted by Gasteiger charge is -2.17. The molecule has 0 aliphatic carbocycles. The van der Waals surface area contributed by atoms with Crippen molar-refractivity contribution < 1.29 is 14.3 Å². The van der Waals surface area contributed by atoms with Gasteiger partial charge in [-0.15, -0.1) is 0 Å². The molecule has 0 saturated heterocycles. The van der Waals surface area contributed by atoms with Crippen LogP contribution in [-0.2, 0) is 4.79 Å². The van der Waals surface area contributed by atoms with Crippen molar-refractivity contribution in [3.8, 4) is 0 Å². The molecule has 0 atom stereocenters. The molecule has 1 N–H and O–H groups in total. The Morgan fingerprint density at radius 3 is 2.81 bits per heavy atom. The fourth-order valence-corrected chi connectivity index (χ4v) is 1.97. The highest BCUT2D eigenvalue weighted by Gasteiger charge is 2.26. The normalized spacial score (nSPS) is 11.7. The lowest BCUT2D eigenvalue weighted by Crippen LogP contribution is -2.23. The molecular formula is C11H17NO3S. The zero-order valence-corrected chi connectivity index (χ0v) is 10.6. The number of carbonyl (C=O) groups is 1. The Morgan fingerprint density at radius 1 is 1.62 bits per heavy atom. The van der Waals surface area contributed by atoms with Gasteiger partial charge in [0.05, 0.1) is 11.1 Å². The van der Waals surface area contributed by atoms with Crippen molar-refractivity contribution in [1.82, 2.24) is 4.98 Å². The predicted molar refractivity (Wildman–Crippen MR) is 62.6 cm³/mol. The van der Waals surface area contributed by atoms with Crippen molar-refractivity contribution in [2.45, 2.75) is 38.8 Å². The molecule has 1 heterocycles. The monoisotopic (exact) mass is 243 g/mol. The Hall–Kier alpha value is -0.970. The third kappa shape index (κ3) is 3.89. The number of carboxylic acids is 1. The van der Waals surface area contributed by atoms with Crippen LogP contribution in [0.5, 0.6) is 0 Å². The van der Waals surface area contributed by atoms with Crippen molar-refractivity contribution >= 4 is 17.7 Å². The molecule has 0 fully saturated rings. The summed E-state index contributed by atoms with van der Waals surface area (Å²) < 4.78 is 5.18. The number of hydrogen-bond donors (Lipinski definition) is 1. The summed E-state index contributed by atoms with van der Waals surface area (Å²) in [7, 11) is 0. The fourth-order valence-electron chi connectivity index (χ4n) is 1.18. The van der Waals surface area contributed by atoms with E-state index in [0.29, 0.717) is 11.6 Å². The van der Waals surface area contributed by atoms with E-state index in [1.807, 2.05) is 6.92 Å². The lowest BCUT2D eigenvalue weighted by molar-refractivity contribution is -0.147. The van der Waals surface area contributed by atoms with Gasteiger partial charge in [-0.3, -0.25) is 4.79 Å². The van der Waals surface area contributed by atoms with Gasteiger partial charge < -0.3 is 9.52 Å². The molecule has 0 unspecified atom stereocenters. The van der Waals surface area contributed by atoms with Crippen molar-refractivity contribution in [1.29, 1.82) is 0 Å². The van der Waals surface area contributed by atoms with Crippen molar-refractivity contribution in [2.75, 3.05) is 5.75 Å². The third-order valence-electron chi connectivity index (χ3n) is 2.35. The number of carboxylic acid groups (broad SMARTS) is 1. The minimum atomic E-state index is -0.746. The summed E-state index contributed by atoms with van der Waals surface area (Å²) >= 11 is 1.52. The largest absolute Gasteiger partial charge is 0.481 e. The first-order valence-electron chi connectivity index (χ1n) is 5.20. The topological polar surface area (TPSA) is 63.3 Å². The van der Waals surface area contributed by atoms with E-state index in [1.54, 1.807) is 20.1 Å². The second-order valence-corrected chi connectivity index (χ2v) is 5.44. The standard InChI is InChI=1S/C11H17NO3S/c1-8-7-15-10(12-8)16-6-4-5-11(2,3)9(13)14/h7H,4-6H2,1-3H3,(H,13,14). The van der Waals surface area contributed by atoms with Crippen LogP contribution in [0.15, 0.2) is 15.9 Å². The number of aryl methyl sites for hydroxylation is 1. The van der Waals surface area contributed by atoms with Gasteiger partial charge in [0.1, 0.15) is 6.26 Å². The molecule has 0 spiro atoms. The van der Waals surface area contributed by atoms with Crippen LogP contribution >= 0.6 is 11.8 Å². The van der Waals surface area contributed by atoms with E-state index < -0.39 is 11.4 Å². The Kier molecular flexibility index (Phi) is 4.41. The van der Waals surface area contributed by atoms with Gasteiger partial charge in [-0.05, 0) is 33.6 Å². The number of rotatable bonds is 6. The first kappa shape index (κ1) is 13.1. The molecule has 4 nitrogen and oxygen atoms in total. The molecule has 0 bridgehead atoms. The molecule has 90 valence electrons. The zero-order valence-electron chi connectivity index (χ0n) is 9.82. The average molecular weight is 243 g/mol. The van der Waals surface area contributed by atoms with Gasteiger partial charge in [0, 0.05) is 5.75 Å². The second-order valence-electron chi connectivity index (χ2n) is 4.40. The van der Waals surface area contributed by atoms with Crippen LogP contribution < -0.4 is 0 Å². The van der Waals surface area contributed by atoms with E-state index in [-0.39, 0.29) is 0 Å². The number of thioether (sulfide) groups is 1. The van der Waals surface area contributed by atoms with Crippen molar-refractivity contribution in [3.05, 3.63) is 12.0 Å². The summed E-state index contributed by atoms with van der Waals surface area (Å²) in [6.45, 7) is 5.37. The van der Waals surface area contributed by atoms with Crippen molar-refractivity contribution in [3.63, 3.8) is 0 Å². The predicted octanol–water partition coefficient (Wildman–Crippen LogP) is 2.97. The average Bonchev–Trinajstić information content (AvgIpc) is 2.59. The molecule has 1 aromatic rings. The van der Waals surface area contributed by atoms with Crippen LogP contribution in [0.2, 0.25) is 0 Å². The number of nitrogens with zero attached hydrogens (tertiary/aromatic N) is 1. The van der Waals surface area contributed by atoms with Gasteiger partial charge in [0.15, 0.2) is 0 Å². The summed E-state index contributed by atoms with van der Waals surface area (Å²) in [5, 5.41) is 9.58. The molecule has 1 aromatic heterocycles. The molecule has 0 saturated carbocycles. The first-order chi connectivity index (χ1) is 7.42. The summed E-state index contributed by atoms with van der Waals surface area (Å²) in [6, 6.07) is 0. The maximum absolute atomic E-state index is 10.9. The number of aromatic nitrogens is 1. The van der Waals surface area contributed by atoms with Crippen LogP contribution in [0.25, 0.3) is 0 Å². The third-order valence-corrected chi connectivity index (χ3v) is 3.28. The maximum Gasteiger partial charge on any atom is 0.309 e. The SMILES string of the molecule is Cc1coc(SCCCC(C)(C)C(=O)O)n1. The summed E-state index contributed by atoms with van der Waals surface area (Å²) in [4.78, 5) is 15.0. The van der Waals surface area contributed by atoms with Gasteiger partial charge in [0.2, 0.25) is 0 Å². The van der Waals surface area contributed by atoms with E-state index in [1.165, 1.54) is 11.8 Å². The number of oxazole rings is 1. The summed E-state index contributed by atoms with van der Waals surface area (Å²) in [5.74, 6) is 0.0842. The Labute approximate surface area is 99.4 Å². The summed E-state index contributed by atoms with van der Waals surface area (Å²) in [6.07, 6.45) is 3.12. The molecule has 0 radical (unpaired) electrons. The molecule has 16 heavy (non-hydrogen) atoms. The van der Waals surface area contributed by atoms with E-state index >= 15 is 0 Å². The highest BCUT2D eigenvalue weighted by atomic mass is 32.2. The molecule has 0 aliphatic heterocycles. The lowest BCUT2D eigenvalue weighted by atomic mass is 9.88. The van der Waals surface area contributed by atoms with E-state index in [9.17, 15) is 4.79 Å². The zero-order chi connectivity index (χ0) is 12.2. The van der Waals surface area contributed by atoms with Gasteiger partial charge in [-0.25, -0.2) is 4.98 Å².